The molecular formula is C24H21ClFN3O4. The lowest BCUT2D eigenvalue weighted by Crippen LogP contribution is -2.45. The van der Waals surface area contributed by atoms with Crippen molar-refractivity contribution in [1.82, 2.24) is 15.0 Å². The van der Waals surface area contributed by atoms with E-state index in [2.05, 4.69) is 15.0 Å². The van der Waals surface area contributed by atoms with Gasteiger partial charge in [-0.15, -0.1) is 0 Å². The highest BCUT2D eigenvalue weighted by atomic mass is 35.5. The van der Waals surface area contributed by atoms with E-state index in [9.17, 15) is 14.6 Å². The van der Waals surface area contributed by atoms with Crippen LogP contribution >= 0.6 is 11.6 Å². The van der Waals surface area contributed by atoms with Crippen molar-refractivity contribution in [2.24, 2.45) is 0 Å². The number of imidazole rings is 1. The third-order valence-corrected chi connectivity index (χ3v) is 5.92. The molecule has 0 unspecified atom stereocenters. The number of nitrogens with one attached hydrogen (secondary N) is 1. The van der Waals surface area contributed by atoms with Gasteiger partial charge in [0.1, 0.15) is 18.0 Å². The number of aliphatic hydroxyl groups excluding tert-OH is 2. The molecule has 3 N–H and O–H groups in total. The number of pyridine rings is 1. The number of aromatic amines is 1. The Balaban J connectivity index is 1.38. The first-order valence-corrected chi connectivity index (χ1v) is 10.9. The molecule has 5 rings (SSSR count). The quantitative estimate of drug-likeness (QED) is 0.409. The Morgan fingerprint density at radius 3 is 2.61 bits per heavy atom. The van der Waals surface area contributed by atoms with Crippen LogP contribution in [0.15, 0.2) is 54.6 Å². The first kappa shape index (κ1) is 21.8. The van der Waals surface area contributed by atoms with E-state index >= 15 is 0 Å². The first-order chi connectivity index (χ1) is 16.0. The van der Waals surface area contributed by atoms with E-state index in [1.165, 1.54) is 6.07 Å². The standard InChI is InChI=1S/C24H21ClFN3O4/c25-17-10-19-23(29-24(27-19)33-15-9-20(31)21(11-30)32-12-15)28-22(17)14-7-5-13(6-8-14)16-3-1-2-4-18(16)26/h1-8,10,15,20-21,30-31H,9,11-12H2,(H,27,28,29)/t15-,20+,21-/m1/s1. The highest BCUT2D eigenvalue weighted by Gasteiger charge is 2.31. The van der Waals surface area contributed by atoms with Gasteiger partial charge in [0.05, 0.1) is 35.6 Å². The lowest BCUT2D eigenvalue weighted by molar-refractivity contribution is -0.131. The van der Waals surface area contributed by atoms with E-state index in [1.54, 1.807) is 24.3 Å². The molecule has 2 aromatic heterocycles. The molecule has 170 valence electrons. The number of rotatable bonds is 5. The van der Waals surface area contributed by atoms with Crippen molar-refractivity contribution in [1.29, 1.82) is 0 Å². The van der Waals surface area contributed by atoms with Crippen molar-refractivity contribution in [3.05, 3.63) is 65.4 Å². The van der Waals surface area contributed by atoms with Gasteiger partial charge in [0, 0.05) is 17.5 Å². The molecule has 0 amide bonds. The molecule has 2 aromatic carbocycles. The number of ether oxygens (including phenoxy) is 2. The molecule has 3 heterocycles. The number of hydrogen-bond acceptors (Lipinski definition) is 6. The zero-order chi connectivity index (χ0) is 22.9. The van der Waals surface area contributed by atoms with Crippen LogP contribution in [0.25, 0.3) is 33.5 Å². The molecule has 1 saturated heterocycles. The van der Waals surface area contributed by atoms with Gasteiger partial charge in [-0.05, 0) is 17.7 Å². The van der Waals surface area contributed by atoms with Gasteiger partial charge in [0.25, 0.3) is 6.01 Å². The smallest absolute Gasteiger partial charge is 0.296 e. The summed E-state index contributed by atoms with van der Waals surface area (Å²) in [6.07, 6.45) is -1.52. The SMILES string of the molecule is OC[C@H]1OC[C@H](Oc2nc3nc(-c4ccc(-c5ccccc5F)cc4)c(Cl)cc3[nH]2)C[C@@H]1O. The fourth-order valence-corrected chi connectivity index (χ4v) is 4.16. The number of fused-ring (bicyclic) bond motifs is 1. The maximum atomic E-state index is 14.1. The number of hydrogen-bond donors (Lipinski definition) is 3. The number of nitrogens with zero attached hydrogens (tertiary/aromatic N) is 2. The molecule has 33 heavy (non-hydrogen) atoms. The van der Waals surface area contributed by atoms with Gasteiger partial charge >= 0.3 is 0 Å². The lowest BCUT2D eigenvalue weighted by Gasteiger charge is -2.31. The highest BCUT2D eigenvalue weighted by Crippen LogP contribution is 2.32. The summed E-state index contributed by atoms with van der Waals surface area (Å²) >= 11 is 6.48. The van der Waals surface area contributed by atoms with Crippen LogP contribution < -0.4 is 4.74 Å². The second-order valence-corrected chi connectivity index (χ2v) is 8.29. The molecule has 0 bridgehead atoms. The maximum absolute atomic E-state index is 14.1. The summed E-state index contributed by atoms with van der Waals surface area (Å²) in [5.74, 6) is -0.283. The molecule has 0 radical (unpaired) electrons. The molecule has 1 aliphatic heterocycles. The molecule has 0 spiro atoms. The minimum atomic E-state index is -0.815. The van der Waals surface area contributed by atoms with Crippen LogP contribution in [0.4, 0.5) is 4.39 Å². The number of benzene rings is 2. The predicted octanol–water partition coefficient (Wildman–Crippen LogP) is 3.97. The topological polar surface area (TPSA) is 100 Å². The van der Waals surface area contributed by atoms with E-state index in [1.807, 2.05) is 24.3 Å². The molecule has 1 fully saturated rings. The van der Waals surface area contributed by atoms with Crippen molar-refractivity contribution < 1.29 is 24.1 Å². The molecule has 0 aliphatic carbocycles. The van der Waals surface area contributed by atoms with Crippen LogP contribution in [0.2, 0.25) is 5.02 Å². The molecular weight excluding hydrogens is 449 g/mol. The van der Waals surface area contributed by atoms with Gasteiger partial charge in [0.15, 0.2) is 5.65 Å². The zero-order valence-corrected chi connectivity index (χ0v) is 18.2. The van der Waals surface area contributed by atoms with Crippen molar-refractivity contribution in [3.8, 4) is 28.4 Å². The van der Waals surface area contributed by atoms with Gasteiger partial charge in [-0.1, -0.05) is 54.1 Å². The van der Waals surface area contributed by atoms with Crippen LogP contribution in [-0.4, -0.2) is 56.7 Å². The van der Waals surface area contributed by atoms with Crippen molar-refractivity contribution in [3.63, 3.8) is 0 Å². The van der Waals surface area contributed by atoms with Gasteiger partial charge in [-0.2, -0.15) is 4.98 Å². The molecule has 3 atom stereocenters. The van der Waals surface area contributed by atoms with E-state index < -0.39 is 18.3 Å². The first-order valence-electron chi connectivity index (χ1n) is 10.5. The Hall–Kier alpha value is -3.04. The summed E-state index contributed by atoms with van der Waals surface area (Å²) in [4.78, 5) is 12.0. The van der Waals surface area contributed by atoms with E-state index in [-0.39, 0.29) is 25.0 Å². The van der Waals surface area contributed by atoms with Gasteiger partial charge in [-0.25, -0.2) is 9.37 Å². The summed E-state index contributed by atoms with van der Waals surface area (Å²) in [6.45, 7) is -0.0158. The Morgan fingerprint density at radius 1 is 1.12 bits per heavy atom. The van der Waals surface area contributed by atoms with Crippen molar-refractivity contribution in [2.75, 3.05) is 13.2 Å². The maximum Gasteiger partial charge on any atom is 0.296 e. The summed E-state index contributed by atoms with van der Waals surface area (Å²) in [5, 5.41) is 19.6. The largest absolute Gasteiger partial charge is 0.459 e. The van der Waals surface area contributed by atoms with E-state index in [0.29, 0.717) is 33.9 Å². The lowest BCUT2D eigenvalue weighted by atomic mass is 10.0. The fourth-order valence-electron chi connectivity index (χ4n) is 3.90. The molecule has 9 heteroatoms. The summed E-state index contributed by atoms with van der Waals surface area (Å²) in [6, 6.07) is 15.9. The van der Waals surface area contributed by atoms with E-state index in [0.717, 1.165) is 11.1 Å². The predicted molar refractivity (Wildman–Crippen MR) is 122 cm³/mol. The summed E-state index contributed by atoms with van der Waals surface area (Å²) in [7, 11) is 0. The number of halogens is 2. The summed E-state index contributed by atoms with van der Waals surface area (Å²) in [5.41, 5.74) is 3.62. The zero-order valence-electron chi connectivity index (χ0n) is 17.4. The molecule has 4 aromatic rings. The number of aromatic nitrogens is 3. The Labute approximate surface area is 193 Å². The van der Waals surface area contributed by atoms with Crippen LogP contribution in [-0.2, 0) is 4.74 Å². The average molecular weight is 470 g/mol. The highest BCUT2D eigenvalue weighted by molar-refractivity contribution is 6.33. The molecule has 7 nitrogen and oxygen atoms in total. The Kier molecular flexibility index (Phi) is 5.99. The molecule has 0 saturated carbocycles. The van der Waals surface area contributed by atoms with Gasteiger partial charge < -0.3 is 24.7 Å². The molecule has 1 aliphatic rings. The van der Waals surface area contributed by atoms with Crippen LogP contribution in [0.5, 0.6) is 6.01 Å². The van der Waals surface area contributed by atoms with Crippen LogP contribution in [0.3, 0.4) is 0 Å². The third kappa shape index (κ3) is 4.43. The minimum Gasteiger partial charge on any atom is -0.459 e. The van der Waals surface area contributed by atoms with Crippen molar-refractivity contribution >= 4 is 22.8 Å². The monoisotopic (exact) mass is 469 g/mol. The normalized spacial score (nSPS) is 20.8. The summed E-state index contributed by atoms with van der Waals surface area (Å²) < 4.78 is 25.3. The van der Waals surface area contributed by atoms with Crippen molar-refractivity contribution in [2.45, 2.75) is 24.7 Å². The number of aliphatic hydroxyl groups is 2. The second-order valence-electron chi connectivity index (χ2n) is 7.89. The van der Waals surface area contributed by atoms with Crippen LogP contribution in [0.1, 0.15) is 6.42 Å². The van der Waals surface area contributed by atoms with E-state index in [4.69, 9.17) is 21.1 Å². The third-order valence-electron chi connectivity index (χ3n) is 5.64. The number of H-pyrrole nitrogens is 1. The van der Waals surface area contributed by atoms with Gasteiger partial charge in [0.2, 0.25) is 0 Å². The Bertz CT molecular complexity index is 1280. The fraction of sp³-hybridized carbons (Fsp3) is 0.250. The average Bonchev–Trinajstić information content (AvgIpc) is 3.20. The van der Waals surface area contributed by atoms with Gasteiger partial charge in [-0.3, -0.25) is 0 Å². The van der Waals surface area contributed by atoms with Crippen LogP contribution in [0, 0.1) is 5.82 Å². The minimum absolute atomic E-state index is 0.229. The second kappa shape index (κ2) is 9.07. The Morgan fingerprint density at radius 2 is 1.88 bits per heavy atom.